The predicted octanol–water partition coefficient (Wildman–Crippen LogP) is 3.85. The first-order valence-electron chi connectivity index (χ1n) is 4.19. The molecule has 1 rings (SSSR count). The molecular weight excluding hydrogens is 233 g/mol. The van der Waals surface area contributed by atoms with Gasteiger partial charge in [-0.15, -0.1) is 12.1 Å². The van der Waals surface area contributed by atoms with E-state index in [1.54, 1.807) is 0 Å². The van der Waals surface area contributed by atoms with Crippen molar-refractivity contribution >= 4 is 9.69 Å². The first kappa shape index (κ1) is 13.0. The minimum absolute atomic E-state index is 0.258. The fourth-order valence-electron chi connectivity index (χ4n) is 1.00. The molecule has 1 aromatic rings. The van der Waals surface area contributed by atoms with Crippen molar-refractivity contribution in [2.45, 2.75) is 26.2 Å². The second-order valence-corrected chi connectivity index (χ2v) is 3.95. The average molecular weight is 248 g/mol. The fraction of sp³-hybridized carbons (Fsp3) is 0.364. The van der Waals surface area contributed by atoms with Crippen LogP contribution in [0.15, 0.2) is 24.3 Å². The van der Waals surface area contributed by atoms with E-state index in [0.29, 0.717) is 0 Å². The Labute approximate surface area is 95.4 Å². The van der Waals surface area contributed by atoms with Crippen LogP contribution in [0.1, 0.15) is 31.9 Å². The maximum atomic E-state index is 4.76. The van der Waals surface area contributed by atoms with E-state index in [0.717, 1.165) is 22.9 Å². The zero-order chi connectivity index (χ0) is 10.5. The number of benzene rings is 1. The van der Waals surface area contributed by atoms with Gasteiger partial charge in [0.15, 0.2) is 0 Å². The summed E-state index contributed by atoms with van der Waals surface area (Å²) in [5.41, 5.74) is 2.70. The van der Waals surface area contributed by atoms with Crippen molar-refractivity contribution < 1.29 is 17.3 Å². The Bertz CT molecular complexity index is 233. The number of hydrogen-bond acceptors (Lipinski definition) is 0. The Kier molecular flexibility index (Phi) is 5.68. The molecule has 0 aromatic heterocycles. The van der Waals surface area contributed by atoms with Gasteiger partial charge in [-0.25, -0.2) is 0 Å². The van der Waals surface area contributed by atoms with E-state index < -0.39 is 0 Å². The van der Waals surface area contributed by atoms with Crippen LogP contribution < -0.4 is 0 Å². The molecule has 0 bridgehead atoms. The number of halogens is 1. The van der Waals surface area contributed by atoms with Gasteiger partial charge in [-0.1, -0.05) is 26.3 Å². The Morgan fingerprint density at radius 1 is 1.08 bits per heavy atom. The van der Waals surface area contributed by atoms with Crippen LogP contribution in [0, 0.1) is 6.92 Å². The molecule has 2 heteroatoms. The van der Waals surface area contributed by atoms with Crippen LogP contribution >= 0.6 is 9.69 Å². The van der Waals surface area contributed by atoms with E-state index in [1.807, 2.05) is 0 Å². The van der Waals surface area contributed by atoms with Gasteiger partial charge in [0.25, 0.3) is 0 Å². The molecule has 0 aliphatic carbocycles. The molecule has 0 aliphatic heterocycles. The van der Waals surface area contributed by atoms with Crippen LogP contribution in [0.2, 0.25) is 0 Å². The molecule has 1 aromatic carbocycles. The van der Waals surface area contributed by atoms with Gasteiger partial charge in [-0.3, -0.25) is 0 Å². The molecule has 68 valence electrons. The van der Waals surface area contributed by atoms with E-state index >= 15 is 0 Å². The van der Waals surface area contributed by atoms with Gasteiger partial charge < -0.3 is 0 Å². The third kappa shape index (κ3) is 4.69. The molecule has 0 amide bonds. The molecule has 0 nitrogen and oxygen atoms in total. The van der Waals surface area contributed by atoms with Crippen molar-refractivity contribution in [1.29, 1.82) is 0 Å². The summed E-state index contributed by atoms with van der Waals surface area (Å²) < 4.78 is 0. The van der Waals surface area contributed by atoms with Crippen molar-refractivity contribution in [3.63, 3.8) is 0 Å². The SMILES string of the molecule is [CH2-]c1ccc(C(C)(C)C)cc1.[Cl][Zn+]. The maximum absolute atomic E-state index is 4.76. The summed E-state index contributed by atoms with van der Waals surface area (Å²) in [6.45, 7) is 10.5. The summed E-state index contributed by atoms with van der Waals surface area (Å²) in [7, 11) is 4.76. The van der Waals surface area contributed by atoms with Gasteiger partial charge in [-0.2, -0.15) is 24.6 Å². The van der Waals surface area contributed by atoms with Crippen LogP contribution in [-0.4, -0.2) is 0 Å². The normalized spacial score (nSPS) is 10.3. The summed E-state index contributed by atoms with van der Waals surface area (Å²) in [4.78, 5) is 0. The second-order valence-electron chi connectivity index (χ2n) is 3.95. The third-order valence-corrected chi connectivity index (χ3v) is 1.82. The van der Waals surface area contributed by atoms with Crippen LogP contribution in [0.3, 0.4) is 0 Å². The summed E-state index contributed by atoms with van der Waals surface area (Å²) in [6.07, 6.45) is 0. The summed E-state index contributed by atoms with van der Waals surface area (Å²) in [5, 5.41) is 0. The van der Waals surface area contributed by atoms with Gasteiger partial charge in [-0.05, 0) is 5.41 Å². The number of hydrogen-bond donors (Lipinski definition) is 0. The van der Waals surface area contributed by atoms with Gasteiger partial charge in [0, 0.05) is 0 Å². The Morgan fingerprint density at radius 3 is 1.77 bits per heavy atom. The molecule has 0 saturated heterocycles. The molecule has 0 aliphatic rings. The summed E-state index contributed by atoms with van der Waals surface area (Å²) >= 11 is 0.847. The van der Waals surface area contributed by atoms with Gasteiger partial charge >= 0.3 is 27.0 Å². The molecule has 0 radical (unpaired) electrons. The van der Waals surface area contributed by atoms with Gasteiger partial charge in [0.1, 0.15) is 0 Å². The van der Waals surface area contributed by atoms with E-state index in [-0.39, 0.29) is 5.41 Å². The second kappa shape index (κ2) is 5.67. The molecule has 0 heterocycles. The molecule has 0 saturated carbocycles. The molecule has 0 N–H and O–H groups in total. The predicted molar refractivity (Wildman–Crippen MR) is 55.5 cm³/mol. The van der Waals surface area contributed by atoms with Crippen molar-refractivity contribution in [2.75, 3.05) is 0 Å². The first-order valence-corrected chi connectivity index (χ1v) is 8.09. The molecule has 0 fully saturated rings. The van der Waals surface area contributed by atoms with Crippen molar-refractivity contribution in [3.05, 3.63) is 42.3 Å². The van der Waals surface area contributed by atoms with Crippen molar-refractivity contribution in [3.8, 4) is 0 Å². The van der Waals surface area contributed by atoms with Crippen molar-refractivity contribution in [2.24, 2.45) is 0 Å². The molecule has 0 atom stereocenters. The average Bonchev–Trinajstić information content (AvgIpc) is 2.07. The zero-order valence-corrected chi connectivity index (χ0v) is 12.3. The van der Waals surface area contributed by atoms with Crippen molar-refractivity contribution in [1.82, 2.24) is 0 Å². The molecule has 0 unspecified atom stereocenters. The van der Waals surface area contributed by atoms with Gasteiger partial charge in [0.2, 0.25) is 0 Å². The van der Waals surface area contributed by atoms with E-state index in [2.05, 4.69) is 52.0 Å². The van der Waals surface area contributed by atoms with E-state index in [1.165, 1.54) is 5.56 Å². The summed E-state index contributed by atoms with van der Waals surface area (Å²) in [6, 6.07) is 8.39. The van der Waals surface area contributed by atoms with Crippen LogP contribution in [0.5, 0.6) is 0 Å². The van der Waals surface area contributed by atoms with E-state index in [4.69, 9.17) is 9.69 Å². The Morgan fingerprint density at radius 2 is 1.46 bits per heavy atom. The third-order valence-electron chi connectivity index (χ3n) is 1.82. The molecule has 0 spiro atoms. The van der Waals surface area contributed by atoms with Crippen LogP contribution in [0.25, 0.3) is 0 Å². The fourth-order valence-corrected chi connectivity index (χ4v) is 1.00. The van der Waals surface area contributed by atoms with Crippen LogP contribution in [-0.2, 0) is 22.7 Å². The topological polar surface area (TPSA) is 0 Å². The first-order chi connectivity index (χ1) is 6.00. The van der Waals surface area contributed by atoms with Gasteiger partial charge in [0.05, 0.1) is 0 Å². The number of rotatable bonds is 0. The molecule has 13 heavy (non-hydrogen) atoms. The standard InChI is InChI=1S/C11H15.ClH.Zn/c1-9-5-7-10(8-6-9)11(2,3)4;;/h5-8H,1H2,2-4H3;1H;/q-1;;+2/p-1. The van der Waals surface area contributed by atoms with Crippen LogP contribution in [0.4, 0.5) is 0 Å². The Balaban J connectivity index is 0.000000671. The zero-order valence-electron chi connectivity index (χ0n) is 8.60. The quantitative estimate of drug-likeness (QED) is 0.483. The molecular formula is C11H15ClZn. The Hall–Kier alpha value is 0.00338. The van der Waals surface area contributed by atoms with E-state index in [9.17, 15) is 0 Å². The monoisotopic (exact) mass is 246 g/mol. The minimum atomic E-state index is 0.258. The summed E-state index contributed by atoms with van der Waals surface area (Å²) in [5.74, 6) is 0.